The number of hydrogen-bond acceptors (Lipinski definition) is 4. The largest absolute Gasteiger partial charge is 0.302 e. The van der Waals surface area contributed by atoms with Gasteiger partial charge in [0, 0.05) is 4.88 Å². The number of para-hydroxylation sites is 1. The summed E-state index contributed by atoms with van der Waals surface area (Å²) in [6, 6.07) is 9.49. The minimum absolute atomic E-state index is 0.0578. The van der Waals surface area contributed by atoms with Crippen molar-refractivity contribution < 1.29 is 4.79 Å². The van der Waals surface area contributed by atoms with Crippen LogP contribution in [0.25, 0.3) is 10.2 Å². The maximum atomic E-state index is 11.9. The Kier molecular flexibility index (Phi) is 3.50. The van der Waals surface area contributed by atoms with Crippen molar-refractivity contribution in [3.63, 3.8) is 0 Å². The van der Waals surface area contributed by atoms with Crippen molar-refractivity contribution in [2.45, 2.75) is 6.42 Å². The summed E-state index contributed by atoms with van der Waals surface area (Å²) in [5, 5.41) is 5.96. The monoisotopic (exact) mass is 308 g/mol. The van der Waals surface area contributed by atoms with Gasteiger partial charge >= 0.3 is 0 Å². The summed E-state index contributed by atoms with van der Waals surface area (Å²) < 4.78 is 0.971. The highest BCUT2D eigenvalue weighted by molar-refractivity contribution is 7.22. The van der Waals surface area contributed by atoms with E-state index in [9.17, 15) is 4.79 Å². The zero-order valence-corrected chi connectivity index (χ0v) is 12.1. The molecule has 19 heavy (non-hydrogen) atoms. The molecule has 1 N–H and O–H groups in total. The number of fused-ring (bicyclic) bond motifs is 1. The van der Waals surface area contributed by atoms with Crippen LogP contribution < -0.4 is 5.32 Å². The van der Waals surface area contributed by atoms with Crippen LogP contribution in [0, 0.1) is 0 Å². The molecular formula is C13H9ClN2OS2. The highest BCUT2D eigenvalue weighted by Gasteiger charge is 2.10. The van der Waals surface area contributed by atoms with Crippen molar-refractivity contribution in [3.05, 3.63) is 45.6 Å². The van der Waals surface area contributed by atoms with Crippen LogP contribution in [-0.4, -0.2) is 10.9 Å². The van der Waals surface area contributed by atoms with E-state index in [1.165, 1.54) is 11.3 Å². The van der Waals surface area contributed by atoms with Gasteiger partial charge in [-0.25, -0.2) is 4.98 Å². The van der Waals surface area contributed by atoms with Gasteiger partial charge in [-0.15, -0.1) is 11.3 Å². The van der Waals surface area contributed by atoms with Gasteiger partial charge in [0.25, 0.3) is 0 Å². The number of benzene rings is 1. The number of thiazole rings is 1. The number of carbonyl (C=O) groups excluding carboxylic acids is 1. The fraction of sp³-hybridized carbons (Fsp3) is 0.0769. The first-order chi connectivity index (χ1) is 9.22. The van der Waals surface area contributed by atoms with Gasteiger partial charge < -0.3 is 5.32 Å². The predicted octanol–water partition coefficient (Wildman–Crippen LogP) is 4.19. The van der Waals surface area contributed by atoms with Crippen LogP contribution in [0.5, 0.6) is 0 Å². The second-order valence-electron chi connectivity index (χ2n) is 3.91. The number of halogens is 1. The molecule has 0 bridgehead atoms. The maximum Gasteiger partial charge on any atom is 0.231 e. The van der Waals surface area contributed by atoms with E-state index in [1.807, 2.05) is 29.6 Å². The molecule has 96 valence electrons. The molecule has 0 saturated heterocycles. The first-order valence-corrected chi connectivity index (χ1v) is 7.67. The van der Waals surface area contributed by atoms with Crippen LogP contribution in [0.2, 0.25) is 5.02 Å². The summed E-state index contributed by atoms with van der Waals surface area (Å²) in [6.45, 7) is 0. The lowest BCUT2D eigenvalue weighted by molar-refractivity contribution is -0.115. The van der Waals surface area contributed by atoms with E-state index in [1.54, 1.807) is 17.4 Å². The average molecular weight is 309 g/mol. The Morgan fingerprint density at radius 2 is 2.21 bits per heavy atom. The molecule has 0 aliphatic carbocycles. The van der Waals surface area contributed by atoms with Crippen molar-refractivity contribution in [1.29, 1.82) is 0 Å². The number of nitrogens with zero attached hydrogens (tertiary/aromatic N) is 1. The molecule has 2 heterocycles. The molecule has 0 radical (unpaired) electrons. The Morgan fingerprint density at radius 1 is 1.32 bits per heavy atom. The van der Waals surface area contributed by atoms with Gasteiger partial charge in [-0.3, -0.25) is 4.79 Å². The summed E-state index contributed by atoms with van der Waals surface area (Å²) in [4.78, 5) is 17.2. The Balaban J connectivity index is 1.78. The van der Waals surface area contributed by atoms with E-state index in [-0.39, 0.29) is 5.91 Å². The molecule has 0 atom stereocenters. The SMILES string of the molecule is O=C(Cc1cccs1)Nc1nc2c(Cl)cccc2s1. The molecule has 6 heteroatoms. The summed E-state index contributed by atoms with van der Waals surface area (Å²) in [5.41, 5.74) is 0.737. The highest BCUT2D eigenvalue weighted by Crippen LogP contribution is 2.30. The lowest BCUT2D eigenvalue weighted by atomic mass is 10.3. The molecular weight excluding hydrogens is 300 g/mol. The van der Waals surface area contributed by atoms with Gasteiger partial charge in [0.2, 0.25) is 5.91 Å². The number of amides is 1. The predicted molar refractivity (Wildman–Crippen MR) is 81.3 cm³/mol. The molecule has 1 amide bonds. The summed E-state index contributed by atoms with van der Waals surface area (Å²) in [7, 11) is 0. The van der Waals surface area contributed by atoms with Gasteiger partial charge in [-0.05, 0) is 23.6 Å². The molecule has 3 aromatic rings. The number of aromatic nitrogens is 1. The van der Waals surface area contributed by atoms with Crippen LogP contribution >= 0.6 is 34.3 Å². The molecule has 2 aromatic heterocycles. The number of nitrogens with one attached hydrogen (secondary N) is 1. The van der Waals surface area contributed by atoms with E-state index >= 15 is 0 Å². The third-order valence-electron chi connectivity index (χ3n) is 2.53. The molecule has 1 aromatic carbocycles. The lowest BCUT2D eigenvalue weighted by Gasteiger charge is -1.98. The Labute approximate surface area is 122 Å². The zero-order chi connectivity index (χ0) is 13.2. The third-order valence-corrected chi connectivity index (χ3v) is 4.65. The molecule has 3 rings (SSSR count). The minimum Gasteiger partial charge on any atom is -0.302 e. The summed E-state index contributed by atoms with van der Waals surface area (Å²) in [5.74, 6) is -0.0578. The van der Waals surface area contributed by atoms with Crippen molar-refractivity contribution >= 4 is 55.5 Å². The zero-order valence-electron chi connectivity index (χ0n) is 9.72. The fourth-order valence-corrected chi connectivity index (χ4v) is 3.59. The van der Waals surface area contributed by atoms with E-state index in [0.29, 0.717) is 16.6 Å². The molecule has 0 aliphatic rings. The second-order valence-corrected chi connectivity index (χ2v) is 6.38. The summed E-state index contributed by atoms with van der Waals surface area (Å²) in [6.07, 6.45) is 0.376. The lowest BCUT2D eigenvalue weighted by Crippen LogP contribution is -2.13. The number of carbonyl (C=O) groups is 1. The van der Waals surface area contributed by atoms with E-state index in [2.05, 4.69) is 10.3 Å². The molecule has 0 spiro atoms. The fourth-order valence-electron chi connectivity index (χ4n) is 1.70. The van der Waals surface area contributed by atoms with E-state index in [0.717, 1.165) is 15.1 Å². The molecule has 3 nitrogen and oxygen atoms in total. The molecule has 0 unspecified atom stereocenters. The van der Waals surface area contributed by atoms with Crippen LogP contribution in [0.4, 0.5) is 5.13 Å². The van der Waals surface area contributed by atoms with E-state index < -0.39 is 0 Å². The van der Waals surface area contributed by atoms with Crippen molar-refractivity contribution in [3.8, 4) is 0 Å². The van der Waals surface area contributed by atoms with Crippen LogP contribution in [-0.2, 0) is 11.2 Å². The second kappa shape index (κ2) is 5.28. The van der Waals surface area contributed by atoms with E-state index in [4.69, 9.17) is 11.6 Å². The van der Waals surface area contributed by atoms with Crippen molar-refractivity contribution in [2.24, 2.45) is 0 Å². The Morgan fingerprint density at radius 3 is 2.95 bits per heavy atom. The average Bonchev–Trinajstić information content (AvgIpc) is 2.98. The van der Waals surface area contributed by atoms with Gasteiger partial charge in [0.15, 0.2) is 5.13 Å². The third kappa shape index (κ3) is 2.78. The highest BCUT2D eigenvalue weighted by atomic mass is 35.5. The molecule has 0 saturated carbocycles. The first-order valence-electron chi connectivity index (χ1n) is 5.59. The van der Waals surface area contributed by atoms with Crippen LogP contribution in [0.3, 0.4) is 0 Å². The van der Waals surface area contributed by atoms with Crippen LogP contribution in [0.1, 0.15) is 4.88 Å². The Hall–Kier alpha value is -1.43. The first kappa shape index (κ1) is 12.6. The smallest absolute Gasteiger partial charge is 0.231 e. The number of rotatable bonds is 3. The number of anilines is 1. The number of hydrogen-bond donors (Lipinski definition) is 1. The normalized spacial score (nSPS) is 10.8. The summed E-state index contributed by atoms with van der Waals surface area (Å²) >= 11 is 9.05. The van der Waals surface area contributed by atoms with Gasteiger partial charge in [0.1, 0.15) is 5.52 Å². The molecule has 0 fully saturated rings. The van der Waals surface area contributed by atoms with Gasteiger partial charge in [0.05, 0.1) is 16.1 Å². The number of thiophene rings is 1. The minimum atomic E-state index is -0.0578. The van der Waals surface area contributed by atoms with Gasteiger partial charge in [-0.1, -0.05) is 35.1 Å². The van der Waals surface area contributed by atoms with Crippen molar-refractivity contribution in [2.75, 3.05) is 5.32 Å². The van der Waals surface area contributed by atoms with Gasteiger partial charge in [-0.2, -0.15) is 0 Å². The Bertz CT molecular complexity index is 721. The topological polar surface area (TPSA) is 42.0 Å². The van der Waals surface area contributed by atoms with Crippen molar-refractivity contribution in [1.82, 2.24) is 4.98 Å². The molecule has 0 aliphatic heterocycles. The standard InChI is InChI=1S/C13H9ClN2OS2/c14-9-4-1-5-10-12(9)16-13(19-10)15-11(17)7-8-3-2-6-18-8/h1-6H,7H2,(H,15,16,17). The quantitative estimate of drug-likeness (QED) is 0.788. The van der Waals surface area contributed by atoms with Crippen LogP contribution in [0.15, 0.2) is 35.7 Å². The maximum absolute atomic E-state index is 11.9.